The number of ether oxygens (including phenoxy) is 6. The van der Waals surface area contributed by atoms with Gasteiger partial charge in [0.25, 0.3) is 0 Å². The molecule has 0 bridgehead atoms. The lowest BCUT2D eigenvalue weighted by molar-refractivity contribution is -0.0298. The summed E-state index contributed by atoms with van der Waals surface area (Å²) in [6, 6.07) is 0. The van der Waals surface area contributed by atoms with Crippen molar-refractivity contribution in [2.45, 2.75) is 44.6 Å². The Kier molecular flexibility index (Phi) is 20.8. The SMILES string of the molecule is C=COCCCOCCCCC(COCCCOC)OCCCOC. The van der Waals surface area contributed by atoms with Gasteiger partial charge in [-0.05, 0) is 32.1 Å². The summed E-state index contributed by atoms with van der Waals surface area (Å²) >= 11 is 0. The molecule has 0 aliphatic heterocycles. The molecule has 150 valence electrons. The minimum absolute atomic E-state index is 0.139. The van der Waals surface area contributed by atoms with E-state index >= 15 is 0 Å². The van der Waals surface area contributed by atoms with Gasteiger partial charge < -0.3 is 28.4 Å². The van der Waals surface area contributed by atoms with Crippen LogP contribution in [0.2, 0.25) is 0 Å². The second-order valence-electron chi connectivity index (χ2n) is 5.76. The fourth-order valence-electron chi connectivity index (χ4n) is 2.19. The molecule has 0 saturated carbocycles. The highest BCUT2D eigenvalue weighted by Gasteiger charge is 2.09. The average Bonchev–Trinajstić information content (AvgIpc) is 2.63. The van der Waals surface area contributed by atoms with Crippen LogP contribution in [0.25, 0.3) is 0 Å². The summed E-state index contributed by atoms with van der Waals surface area (Å²) in [7, 11) is 3.41. The molecule has 0 aromatic carbocycles. The molecule has 0 aromatic heterocycles. The van der Waals surface area contributed by atoms with Crippen LogP contribution in [-0.4, -0.2) is 73.2 Å². The predicted molar refractivity (Wildman–Crippen MR) is 99.0 cm³/mol. The van der Waals surface area contributed by atoms with Crippen molar-refractivity contribution in [3.63, 3.8) is 0 Å². The molecule has 6 heteroatoms. The molecular weight excluding hydrogens is 324 g/mol. The van der Waals surface area contributed by atoms with Crippen molar-refractivity contribution < 1.29 is 28.4 Å². The molecule has 0 N–H and O–H groups in total. The molecule has 6 nitrogen and oxygen atoms in total. The first-order valence-electron chi connectivity index (χ1n) is 9.32. The fraction of sp³-hybridized carbons (Fsp3) is 0.895. The van der Waals surface area contributed by atoms with Gasteiger partial charge in [-0.2, -0.15) is 0 Å². The third kappa shape index (κ3) is 19.5. The summed E-state index contributed by atoms with van der Waals surface area (Å²) < 4.78 is 32.3. The van der Waals surface area contributed by atoms with Crippen LogP contribution >= 0.6 is 0 Å². The molecule has 0 rings (SSSR count). The third-order valence-electron chi connectivity index (χ3n) is 3.52. The van der Waals surface area contributed by atoms with Crippen LogP contribution in [0.15, 0.2) is 12.8 Å². The zero-order chi connectivity index (χ0) is 18.4. The lowest BCUT2D eigenvalue weighted by Gasteiger charge is -2.18. The van der Waals surface area contributed by atoms with Crippen molar-refractivity contribution in [2.24, 2.45) is 0 Å². The Morgan fingerprint density at radius 3 is 2.08 bits per heavy atom. The maximum atomic E-state index is 5.92. The summed E-state index contributed by atoms with van der Waals surface area (Å²) in [6.07, 6.45) is 7.41. The zero-order valence-corrected chi connectivity index (χ0v) is 16.2. The van der Waals surface area contributed by atoms with Crippen LogP contribution in [0.4, 0.5) is 0 Å². The molecule has 0 radical (unpaired) electrons. The van der Waals surface area contributed by atoms with E-state index in [4.69, 9.17) is 28.4 Å². The summed E-state index contributed by atoms with van der Waals surface area (Å²) in [5.74, 6) is 0. The Hall–Kier alpha value is -0.660. The molecule has 0 fully saturated rings. The first kappa shape index (κ1) is 24.3. The zero-order valence-electron chi connectivity index (χ0n) is 16.2. The Morgan fingerprint density at radius 1 is 0.720 bits per heavy atom. The Bertz CT molecular complexity index is 262. The highest BCUT2D eigenvalue weighted by atomic mass is 16.5. The third-order valence-corrected chi connectivity index (χ3v) is 3.52. The highest BCUT2D eigenvalue weighted by molar-refractivity contribution is 4.58. The summed E-state index contributed by atoms with van der Waals surface area (Å²) in [5, 5.41) is 0. The summed E-state index contributed by atoms with van der Waals surface area (Å²) in [5.41, 5.74) is 0. The van der Waals surface area contributed by atoms with Crippen molar-refractivity contribution in [3.8, 4) is 0 Å². The highest BCUT2D eigenvalue weighted by Crippen LogP contribution is 2.07. The standard InChI is InChI=1S/C19H38O6/c1-4-22-14-9-15-23-13-6-5-10-19(25-17-8-12-21-3)18-24-16-7-11-20-2/h4,19H,1,5-18H2,2-3H3. The normalized spacial score (nSPS) is 12.2. The second-order valence-corrected chi connectivity index (χ2v) is 5.76. The smallest absolute Gasteiger partial charge is 0.0895 e. The van der Waals surface area contributed by atoms with Gasteiger partial charge >= 0.3 is 0 Å². The van der Waals surface area contributed by atoms with Crippen molar-refractivity contribution in [2.75, 3.05) is 67.1 Å². The summed E-state index contributed by atoms with van der Waals surface area (Å²) in [6.45, 7) is 9.19. The molecule has 0 aliphatic rings. The number of hydrogen-bond donors (Lipinski definition) is 0. The van der Waals surface area contributed by atoms with Crippen molar-refractivity contribution in [1.29, 1.82) is 0 Å². The largest absolute Gasteiger partial charge is 0.502 e. The minimum Gasteiger partial charge on any atom is -0.502 e. The minimum atomic E-state index is 0.139. The number of hydrogen-bond acceptors (Lipinski definition) is 6. The molecular formula is C19H38O6. The quantitative estimate of drug-likeness (QED) is 0.231. The molecule has 0 heterocycles. The Morgan fingerprint density at radius 2 is 1.36 bits per heavy atom. The van der Waals surface area contributed by atoms with E-state index in [0.717, 1.165) is 65.0 Å². The van der Waals surface area contributed by atoms with Gasteiger partial charge in [0.1, 0.15) is 0 Å². The predicted octanol–water partition coefficient (Wildman–Crippen LogP) is 3.20. The van der Waals surface area contributed by atoms with Gasteiger partial charge in [-0.3, -0.25) is 0 Å². The van der Waals surface area contributed by atoms with Crippen LogP contribution in [0.3, 0.4) is 0 Å². The second kappa shape index (κ2) is 21.4. The van der Waals surface area contributed by atoms with E-state index in [-0.39, 0.29) is 6.10 Å². The molecule has 1 atom stereocenters. The fourth-order valence-corrected chi connectivity index (χ4v) is 2.19. The maximum absolute atomic E-state index is 5.92. The van der Waals surface area contributed by atoms with Gasteiger partial charge in [0.15, 0.2) is 0 Å². The van der Waals surface area contributed by atoms with E-state index in [1.165, 1.54) is 6.26 Å². The molecule has 25 heavy (non-hydrogen) atoms. The average molecular weight is 363 g/mol. The lowest BCUT2D eigenvalue weighted by Crippen LogP contribution is -2.22. The van der Waals surface area contributed by atoms with E-state index in [1.54, 1.807) is 14.2 Å². The van der Waals surface area contributed by atoms with Crippen molar-refractivity contribution >= 4 is 0 Å². The summed E-state index contributed by atoms with van der Waals surface area (Å²) in [4.78, 5) is 0. The van der Waals surface area contributed by atoms with E-state index in [2.05, 4.69) is 6.58 Å². The van der Waals surface area contributed by atoms with Crippen LogP contribution in [0.5, 0.6) is 0 Å². The number of rotatable bonds is 21. The molecule has 0 spiro atoms. The van der Waals surface area contributed by atoms with Crippen molar-refractivity contribution in [3.05, 3.63) is 12.8 Å². The molecule has 1 unspecified atom stereocenters. The Balaban J connectivity index is 3.67. The molecule has 0 aromatic rings. The van der Waals surface area contributed by atoms with Gasteiger partial charge in [0.05, 0.1) is 25.6 Å². The number of methoxy groups -OCH3 is 2. The van der Waals surface area contributed by atoms with Crippen molar-refractivity contribution in [1.82, 2.24) is 0 Å². The van der Waals surface area contributed by atoms with Crippen LogP contribution < -0.4 is 0 Å². The maximum Gasteiger partial charge on any atom is 0.0895 e. The van der Waals surface area contributed by atoms with Gasteiger partial charge in [0, 0.05) is 60.3 Å². The number of unbranched alkanes of at least 4 members (excludes halogenated alkanes) is 1. The monoisotopic (exact) mass is 362 g/mol. The van der Waals surface area contributed by atoms with E-state index in [0.29, 0.717) is 26.4 Å². The molecule has 0 aliphatic carbocycles. The molecule has 0 saturated heterocycles. The topological polar surface area (TPSA) is 55.4 Å². The van der Waals surface area contributed by atoms with Gasteiger partial charge in [-0.15, -0.1) is 0 Å². The van der Waals surface area contributed by atoms with Gasteiger partial charge in [-0.25, -0.2) is 0 Å². The van der Waals surface area contributed by atoms with Crippen LogP contribution in [0, 0.1) is 0 Å². The molecule has 0 amide bonds. The van der Waals surface area contributed by atoms with Gasteiger partial charge in [0.2, 0.25) is 0 Å². The first-order chi connectivity index (χ1) is 12.3. The van der Waals surface area contributed by atoms with Gasteiger partial charge in [-0.1, -0.05) is 6.58 Å². The van der Waals surface area contributed by atoms with E-state index < -0.39 is 0 Å². The Labute approximate surface area is 153 Å². The van der Waals surface area contributed by atoms with E-state index in [9.17, 15) is 0 Å². The first-order valence-corrected chi connectivity index (χ1v) is 9.32. The van der Waals surface area contributed by atoms with Crippen LogP contribution in [0.1, 0.15) is 38.5 Å². The van der Waals surface area contributed by atoms with E-state index in [1.807, 2.05) is 0 Å². The van der Waals surface area contributed by atoms with Crippen LogP contribution in [-0.2, 0) is 28.4 Å². The lowest BCUT2D eigenvalue weighted by atomic mass is 10.1.